The molecule has 0 aromatic heterocycles. The van der Waals surface area contributed by atoms with Crippen molar-refractivity contribution in [3.05, 3.63) is 35.6 Å². The Hall–Kier alpha value is -0.370. The molecule has 1 unspecified atom stereocenters. The highest BCUT2D eigenvalue weighted by atomic mass is 79.9. The van der Waals surface area contributed by atoms with Crippen LogP contribution in [0.15, 0.2) is 24.3 Å². The first-order valence-electron chi connectivity index (χ1n) is 8.61. The van der Waals surface area contributed by atoms with Crippen LogP contribution < -0.4 is 0 Å². The number of hydrogen-bond acceptors (Lipinski definition) is 0. The lowest BCUT2D eigenvalue weighted by molar-refractivity contribution is 0.553. The summed E-state index contributed by atoms with van der Waals surface area (Å²) >= 11 is 3.73. The molecule has 1 atom stereocenters. The molecule has 0 saturated heterocycles. The zero-order valence-corrected chi connectivity index (χ0v) is 15.0. The fourth-order valence-electron chi connectivity index (χ4n) is 2.70. The zero-order chi connectivity index (χ0) is 15.3. The number of halogens is 2. The van der Waals surface area contributed by atoms with Crippen LogP contribution in [0.2, 0.25) is 0 Å². The van der Waals surface area contributed by atoms with Crippen LogP contribution in [0.3, 0.4) is 0 Å². The maximum Gasteiger partial charge on any atom is 0.123 e. The van der Waals surface area contributed by atoms with Gasteiger partial charge >= 0.3 is 0 Å². The van der Waals surface area contributed by atoms with Crippen molar-refractivity contribution in [1.29, 1.82) is 0 Å². The molecule has 0 saturated carbocycles. The van der Waals surface area contributed by atoms with Crippen LogP contribution >= 0.6 is 15.9 Å². The van der Waals surface area contributed by atoms with Crippen LogP contribution in [0.1, 0.15) is 76.7 Å². The van der Waals surface area contributed by atoms with Crippen molar-refractivity contribution in [2.45, 2.75) is 82.4 Å². The summed E-state index contributed by atoms with van der Waals surface area (Å²) in [4.78, 5) is 0.476. The van der Waals surface area contributed by atoms with Crippen molar-refractivity contribution in [3.63, 3.8) is 0 Å². The molecule has 1 aromatic carbocycles. The van der Waals surface area contributed by atoms with Crippen molar-refractivity contribution >= 4 is 15.9 Å². The van der Waals surface area contributed by atoms with Gasteiger partial charge in [-0.05, 0) is 30.5 Å². The van der Waals surface area contributed by atoms with E-state index >= 15 is 0 Å². The molecule has 0 bridgehead atoms. The first kappa shape index (κ1) is 18.7. The fourth-order valence-corrected chi connectivity index (χ4v) is 3.40. The van der Waals surface area contributed by atoms with Gasteiger partial charge in [0.25, 0.3) is 0 Å². The molecule has 0 radical (unpaired) electrons. The zero-order valence-electron chi connectivity index (χ0n) is 13.4. The van der Waals surface area contributed by atoms with Gasteiger partial charge in [0.15, 0.2) is 0 Å². The first-order chi connectivity index (χ1) is 10.2. The van der Waals surface area contributed by atoms with Crippen LogP contribution in [0, 0.1) is 5.82 Å². The van der Waals surface area contributed by atoms with Crippen molar-refractivity contribution < 1.29 is 4.39 Å². The Labute approximate surface area is 138 Å². The molecule has 1 rings (SSSR count). The van der Waals surface area contributed by atoms with Gasteiger partial charge in [0, 0.05) is 4.83 Å². The van der Waals surface area contributed by atoms with E-state index in [4.69, 9.17) is 0 Å². The molecule has 1 aromatic rings. The fraction of sp³-hybridized carbons (Fsp3) is 0.684. The van der Waals surface area contributed by atoms with Gasteiger partial charge in [0.2, 0.25) is 0 Å². The lowest BCUT2D eigenvalue weighted by atomic mass is 10.0. The van der Waals surface area contributed by atoms with Crippen LogP contribution in [0.4, 0.5) is 4.39 Å². The topological polar surface area (TPSA) is 0 Å². The van der Waals surface area contributed by atoms with E-state index in [0.29, 0.717) is 4.83 Å². The minimum atomic E-state index is -0.129. The molecule has 21 heavy (non-hydrogen) atoms. The van der Waals surface area contributed by atoms with E-state index in [-0.39, 0.29) is 5.82 Å². The molecule has 0 spiro atoms. The molecule has 0 amide bonds. The van der Waals surface area contributed by atoms with Gasteiger partial charge < -0.3 is 0 Å². The minimum Gasteiger partial charge on any atom is -0.207 e. The molecule has 0 N–H and O–H groups in total. The highest BCUT2D eigenvalue weighted by Crippen LogP contribution is 2.18. The van der Waals surface area contributed by atoms with Gasteiger partial charge in [-0.1, -0.05) is 92.8 Å². The highest BCUT2D eigenvalue weighted by Gasteiger charge is 2.06. The Bertz CT molecular complexity index is 364. The Morgan fingerprint density at radius 1 is 0.952 bits per heavy atom. The number of unbranched alkanes of at least 4 members (excludes halogenated alkanes) is 8. The average Bonchev–Trinajstić information content (AvgIpc) is 2.45. The standard InChI is InChI=1S/C19H30BrF/c1-2-3-4-5-6-7-8-9-10-13-18(20)15-17-12-11-14-19(21)16-17/h11-12,14,16,18H,2-10,13,15H2,1H3. The van der Waals surface area contributed by atoms with E-state index in [9.17, 15) is 4.39 Å². The van der Waals surface area contributed by atoms with Gasteiger partial charge in [-0.2, -0.15) is 0 Å². The summed E-state index contributed by atoms with van der Waals surface area (Å²) in [5.74, 6) is -0.129. The van der Waals surface area contributed by atoms with Crippen LogP contribution in [0.25, 0.3) is 0 Å². The lowest BCUT2D eigenvalue weighted by Gasteiger charge is -2.10. The monoisotopic (exact) mass is 356 g/mol. The van der Waals surface area contributed by atoms with Crippen molar-refractivity contribution in [1.82, 2.24) is 0 Å². The normalized spacial score (nSPS) is 12.5. The Kier molecular flexibility index (Phi) is 10.9. The number of hydrogen-bond donors (Lipinski definition) is 0. The van der Waals surface area contributed by atoms with E-state index in [1.54, 1.807) is 12.1 Å². The van der Waals surface area contributed by atoms with Gasteiger partial charge in [-0.3, -0.25) is 0 Å². The predicted molar refractivity (Wildman–Crippen MR) is 94.7 cm³/mol. The summed E-state index contributed by atoms with van der Waals surface area (Å²) in [5.41, 5.74) is 1.09. The molecule has 120 valence electrons. The second-order valence-electron chi connectivity index (χ2n) is 6.05. The van der Waals surface area contributed by atoms with Crippen molar-refractivity contribution in [2.75, 3.05) is 0 Å². The Morgan fingerprint density at radius 3 is 2.19 bits per heavy atom. The number of rotatable bonds is 12. The summed E-state index contributed by atoms with van der Waals surface area (Å²) in [6.07, 6.45) is 14.4. The third kappa shape index (κ3) is 10.1. The maximum absolute atomic E-state index is 13.1. The molecule has 0 aliphatic heterocycles. The molecular formula is C19H30BrF. The van der Waals surface area contributed by atoms with Crippen LogP contribution in [-0.4, -0.2) is 4.83 Å². The second kappa shape index (κ2) is 12.2. The van der Waals surface area contributed by atoms with Gasteiger partial charge in [-0.25, -0.2) is 4.39 Å². The van der Waals surface area contributed by atoms with Crippen molar-refractivity contribution in [2.24, 2.45) is 0 Å². The molecule has 0 nitrogen and oxygen atoms in total. The van der Waals surface area contributed by atoms with E-state index in [1.165, 1.54) is 70.3 Å². The smallest absolute Gasteiger partial charge is 0.123 e. The molecule has 0 aliphatic carbocycles. The SMILES string of the molecule is CCCCCCCCCCCC(Br)Cc1cccc(F)c1. The maximum atomic E-state index is 13.1. The summed E-state index contributed by atoms with van der Waals surface area (Å²) < 4.78 is 13.1. The summed E-state index contributed by atoms with van der Waals surface area (Å²) in [6, 6.07) is 6.95. The van der Waals surface area contributed by atoms with Gasteiger partial charge in [0.1, 0.15) is 5.82 Å². The highest BCUT2D eigenvalue weighted by molar-refractivity contribution is 9.09. The average molecular weight is 357 g/mol. The summed E-state index contributed by atoms with van der Waals surface area (Å²) in [7, 11) is 0. The summed E-state index contributed by atoms with van der Waals surface area (Å²) in [6.45, 7) is 2.26. The van der Waals surface area contributed by atoms with E-state index in [0.717, 1.165) is 12.0 Å². The summed E-state index contributed by atoms with van der Waals surface area (Å²) in [5, 5.41) is 0. The van der Waals surface area contributed by atoms with Gasteiger partial charge in [0.05, 0.1) is 0 Å². The lowest BCUT2D eigenvalue weighted by Crippen LogP contribution is -2.03. The van der Waals surface area contributed by atoms with E-state index in [1.807, 2.05) is 6.07 Å². The van der Waals surface area contributed by atoms with Crippen molar-refractivity contribution in [3.8, 4) is 0 Å². The molecule has 0 heterocycles. The Morgan fingerprint density at radius 2 is 1.57 bits per heavy atom. The van der Waals surface area contributed by atoms with E-state index < -0.39 is 0 Å². The van der Waals surface area contributed by atoms with Gasteiger partial charge in [-0.15, -0.1) is 0 Å². The molecular weight excluding hydrogens is 327 g/mol. The number of alkyl halides is 1. The van der Waals surface area contributed by atoms with E-state index in [2.05, 4.69) is 22.9 Å². The minimum absolute atomic E-state index is 0.129. The Balaban J connectivity index is 1.97. The second-order valence-corrected chi connectivity index (χ2v) is 7.34. The van der Waals surface area contributed by atoms with Crippen LogP contribution in [-0.2, 0) is 6.42 Å². The quantitative estimate of drug-likeness (QED) is 0.278. The third-order valence-electron chi connectivity index (χ3n) is 3.97. The van der Waals surface area contributed by atoms with Crippen LogP contribution in [0.5, 0.6) is 0 Å². The molecule has 2 heteroatoms. The first-order valence-corrected chi connectivity index (χ1v) is 9.52. The molecule has 0 fully saturated rings. The molecule has 0 aliphatic rings. The predicted octanol–water partition coefficient (Wildman–Crippen LogP) is 7.05. The third-order valence-corrected chi connectivity index (χ3v) is 4.75. The number of benzene rings is 1. The largest absolute Gasteiger partial charge is 0.207 e.